The van der Waals surface area contributed by atoms with Gasteiger partial charge in [0.1, 0.15) is 5.82 Å². The van der Waals surface area contributed by atoms with Crippen LogP contribution in [0, 0.1) is 11.7 Å². The fourth-order valence-corrected chi connectivity index (χ4v) is 3.77. The highest BCUT2D eigenvalue weighted by Crippen LogP contribution is 2.30. The van der Waals surface area contributed by atoms with E-state index >= 15 is 0 Å². The summed E-state index contributed by atoms with van der Waals surface area (Å²) >= 11 is 6.24. The highest BCUT2D eigenvalue weighted by atomic mass is 35.5. The molecule has 1 heterocycles. The highest BCUT2D eigenvalue weighted by Gasteiger charge is 2.24. The summed E-state index contributed by atoms with van der Waals surface area (Å²) in [6, 6.07) is 4.58. The van der Waals surface area contributed by atoms with E-state index < -0.39 is 0 Å². The minimum Gasteiger partial charge on any atom is -0.357 e. The average molecular weight is 383 g/mol. The first-order chi connectivity index (χ1) is 12.4. The maximum atomic E-state index is 13.3. The zero-order valence-electron chi connectivity index (χ0n) is 16.4. The summed E-state index contributed by atoms with van der Waals surface area (Å²) in [7, 11) is 0. The van der Waals surface area contributed by atoms with Gasteiger partial charge in [-0.1, -0.05) is 38.4 Å². The van der Waals surface area contributed by atoms with E-state index in [-0.39, 0.29) is 11.2 Å². The maximum absolute atomic E-state index is 13.3. The molecule has 1 aromatic rings. The number of hydrogen-bond acceptors (Lipinski definition) is 2. The van der Waals surface area contributed by atoms with Crippen molar-refractivity contribution >= 4 is 17.6 Å². The molecule has 1 atom stereocenters. The summed E-state index contributed by atoms with van der Waals surface area (Å²) in [5, 5.41) is 7.24. The van der Waals surface area contributed by atoms with Crippen LogP contribution in [0.5, 0.6) is 0 Å². The van der Waals surface area contributed by atoms with E-state index in [2.05, 4.69) is 43.2 Å². The van der Waals surface area contributed by atoms with Crippen LogP contribution in [-0.2, 0) is 5.41 Å². The second-order valence-electron chi connectivity index (χ2n) is 7.63. The Hall–Kier alpha value is -1.33. The molecular weight excluding hydrogens is 351 g/mol. The molecule has 1 fully saturated rings. The molecule has 1 unspecified atom stereocenters. The van der Waals surface area contributed by atoms with Crippen molar-refractivity contribution in [2.75, 3.05) is 39.3 Å². The van der Waals surface area contributed by atoms with Gasteiger partial charge < -0.3 is 15.5 Å². The van der Waals surface area contributed by atoms with Gasteiger partial charge in [-0.3, -0.25) is 4.99 Å². The summed E-state index contributed by atoms with van der Waals surface area (Å²) in [6.07, 6.45) is 1.23. The van der Waals surface area contributed by atoms with Crippen molar-refractivity contribution in [3.8, 4) is 0 Å². The number of hydrogen-bond donors (Lipinski definition) is 2. The summed E-state index contributed by atoms with van der Waals surface area (Å²) in [6.45, 7) is 14.2. The molecule has 0 radical (unpaired) electrons. The van der Waals surface area contributed by atoms with Crippen molar-refractivity contribution in [3.05, 3.63) is 34.6 Å². The quantitative estimate of drug-likeness (QED) is 0.558. The van der Waals surface area contributed by atoms with Crippen LogP contribution in [0.15, 0.2) is 23.2 Å². The first-order valence-corrected chi connectivity index (χ1v) is 9.93. The minimum atomic E-state index is -0.314. The van der Waals surface area contributed by atoms with Crippen LogP contribution in [0.3, 0.4) is 0 Å². The molecule has 1 aliphatic rings. The van der Waals surface area contributed by atoms with Gasteiger partial charge in [-0.25, -0.2) is 4.39 Å². The van der Waals surface area contributed by atoms with Crippen molar-refractivity contribution in [2.45, 2.75) is 39.5 Å². The van der Waals surface area contributed by atoms with Crippen LogP contribution >= 0.6 is 11.6 Å². The molecule has 1 aliphatic heterocycles. The molecule has 0 aliphatic carbocycles. The summed E-state index contributed by atoms with van der Waals surface area (Å²) in [4.78, 5) is 7.24. The molecule has 0 aromatic heterocycles. The van der Waals surface area contributed by atoms with Gasteiger partial charge in [-0.2, -0.15) is 0 Å². The SMILES string of the molecule is CCNC(=NCC(C)(C)c1ccc(F)cc1Cl)NCC1CCN(CC)C1. The third kappa shape index (κ3) is 5.85. The van der Waals surface area contributed by atoms with Gasteiger partial charge in [-0.15, -0.1) is 0 Å². The van der Waals surface area contributed by atoms with Crippen molar-refractivity contribution in [1.29, 1.82) is 0 Å². The largest absolute Gasteiger partial charge is 0.357 e. The first kappa shape index (κ1) is 21.0. The van der Waals surface area contributed by atoms with Crippen LogP contribution in [0.4, 0.5) is 4.39 Å². The van der Waals surface area contributed by atoms with Gasteiger partial charge in [0.05, 0.1) is 6.54 Å². The summed E-state index contributed by atoms with van der Waals surface area (Å²) < 4.78 is 13.3. The van der Waals surface area contributed by atoms with Gasteiger partial charge in [0.2, 0.25) is 0 Å². The van der Waals surface area contributed by atoms with E-state index in [9.17, 15) is 4.39 Å². The lowest BCUT2D eigenvalue weighted by atomic mass is 9.84. The van der Waals surface area contributed by atoms with Crippen LogP contribution < -0.4 is 10.6 Å². The van der Waals surface area contributed by atoms with E-state index in [0.29, 0.717) is 17.5 Å². The predicted molar refractivity (Wildman–Crippen MR) is 109 cm³/mol. The topological polar surface area (TPSA) is 39.7 Å². The van der Waals surface area contributed by atoms with Gasteiger partial charge in [0, 0.05) is 30.1 Å². The van der Waals surface area contributed by atoms with E-state index in [1.54, 1.807) is 6.07 Å². The Labute approximate surface area is 162 Å². The second kappa shape index (κ2) is 9.56. The number of likely N-dealkylation sites (tertiary alicyclic amines) is 1. The van der Waals surface area contributed by atoms with E-state index in [4.69, 9.17) is 16.6 Å². The van der Waals surface area contributed by atoms with Crippen molar-refractivity contribution in [1.82, 2.24) is 15.5 Å². The van der Waals surface area contributed by atoms with Crippen molar-refractivity contribution in [2.24, 2.45) is 10.9 Å². The number of rotatable bonds is 7. The van der Waals surface area contributed by atoms with Crippen LogP contribution in [0.1, 0.15) is 39.7 Å². The molecule has 1 saturated heterocycles. The van der Waals surface area contributed by atoms with Crippen molar-refractivity contribution < 1.29 is 4.39 Å². The highest BCUT2D eigenvalue weighted by molar-refractivity contribution is 6.31. The molecule has 0 spiro atoms. The Morgan fingerprint density at radius 3 is 2.73 bits per heavy atom. The number of benzene rings is 1. The number of nitrogens with one attached hydrogen (secondary N) is 2. The molecule has 1 aromatic carbocycles. The Balaban J connectivity index is 1.98. The van der Waals surface area contributed by atoms with Crippen molar-refractivity contribution in [3.63, 3.8) is 0 Å². The molecular formula is C20H32ClFN4. The van der Waals surface area contributed by atoms with E-state index in [0.717, 1.165) is 37.7 Å². The van der Waals surface area contributed by atoms with Gasteiger partial charge in [-0.05, 0) is 50.0 Å². The third-order valence-corrected chi connectivity index (χ3v) is 5.33. The number of guanidine groups is 1. The molecule has 4 nitrogen and oxygen atoms in total. The fourth-order valence-electron chi connectivity index (χ4n) is 3.35. The average Bonchev–Trinajstić information content (AvgIpc) is 3.05. The normalized spacial score (nSPS) is 19.0. The second-order valence-corrected chi connectivity index (χ2v) is 8.04. The van der Waals surface area contributed by atoms with E-state index in [1.165, 1.54) is 25.1 Å². The molecule has 2 N–H and O–H groups in total. The molecule has 146 valence electrons. The standard InChI is InChI=1S/C20H32ClFN4/c1-5-23-19(24-12-15-9-10-26(6-2)13-15)25-14-20(3,4)17-8-7-16(22)11-18(17)21/h7-8,11,15H,5-6,9-10,12-14H2,1-4H3,(H2,23,24,25). The Morgan fingerprint density at radius 1 is 1.35 bits per heavy atom. The minimum absolute atomic E-state index is 0.278. The van der Waals surface area contributed by atoms with Crippen LogP contribution in [0.25, 0.3) is 0 Å². The first-order valence-electron chi connectivity index (χ1n) is 9.55. The summed E-state index contributed by atoms with van der Waals surface area (Å²) in [5.41, 5.74) is 0.633. The Morgan fingerprint density at radius 2 is 2.12 bits per heavy atom. The van der Waals surface area contributed by atoms with Gasteiger partial charge >= 0.3 is 0 Å². The lowest BCUT2D eigenvalue weighted by molar-refractivity contribution is 0.341. The Bertz CT molecular complexity index is 618. The number of nitrogens with zero attached hydrogens (tertiary/aromatic N) is 2. The Kier molecular flexibility index (Phi) is 7.71. The molecule has 2 rings (SSSR count). The van der Waals surface area contributed by atoms with Gasteiger partial charge in [0.15, 0.2) is 5.96 Å². The zero-order chi connectivity index (χ0) is 19.2. The number of halogens is 2. The molecule has 0 bridgehead atoms. The zero-order valence-corrected chi connectivity index (χ0v) is 17.2. The maximum Gasteiger partial charge on any atom is 0.191 e. The van der Waals surface area contributed by atoms with Crippen LogP contribution in [0.2, 0.25) is 5.02 Å². The van der Waals surface area contributed by atoms with E-state index in [1.807, 2.05) is 0 Å². The third-order valence-electron chi connectivity index (χ3n) is 5.01. The van der Waals surface area contributed by atoms with Crippen LogP contribution in [-0.4, -0.2) is 50.1 Å². The fraction of sp³-hybridized carbons (Fsp3) is 0.650. The molecule has 0 amide bonds. The van der Waals surface area contributed by atoms with Gasteiger partial charge in [0.25, 0.3) is 0 Å². The summed E-state index contributed by atoms with van der Waals surface area (Å²) in [5.74, 6) is 1.18. The monoisotopic (exact) mass is 382 g/mol. The number of aliphatic imine (C=N–C) groups is 1. The molecule has 0 saturated carbocycles. The smallest absolute Gasteiger partial charge is 0.191 e. The lowest BCUT2D eigenvalue weighted by Crippen LogP contribution is -2.41. The molecule has 26 heavy (non-hydrogen) atoms. The lowest BCUT2D eigenvalue weighted by Gasteiger charge is -2.25. The predicted octanol–water partition coefficient (Wildman–Crippen LogP) is 3.65. The molecule has 6 heteroatoms.